The lowest BCUT2D eigenvalue weighted by Crippen LogP contribution is -2.14. The summed E-state index contributed by atoms with van der Waals surface area (Å²) < 4.78 is 40.5. The topological polar surface area (TPSA) is 74.8 Å². The molecule has 23 heavy (non-hydrogen) atoms. The lowest BCUT2D eigenvalue weighted by atomic mass is 10.2. The third-order valence-electron chi connectivity index (χ3n) is 3.34. The number of anilines is 1. The summed E-state index contributed by atoms with van der Waals surface area (Å²) in [5, 5.41) is 6.72. The predicted octanol–water partition coefficient (Wildman–Crippen LogP) is 3.33. The second-order valence-corrected chi connectivity index (χ2v) is 6.70. The van der Waals surface area contributed by atoms with Crippen LogP contribution in [-0.2, 0) is 10.0 Å². The first-order chi connectivity index (χ1) is 11.0. The van der Waals surface area contributed by atoms with Gasteiger partial charge in [0.2, 0.25) is 0 Å². The van der Waals surface area contributed by atoms with E-state index in [1.54, 1.807) is 13.0 Å². The fourth-order valence-electron chi connectivity index (χ4n) is 2.20. The SMILES string of the molecule is Cc1ccc(F)cc1S(=O)(=O)Nc1cc(-c2ccccc2)[nH]n1. The van der Waals surface area contributed by atoms with Crippen molar-refractivity contribution in [2.45, 2.75) is 11.8 Å². The lowest BCUT2D eigenvalue weighted by molar-refractivity contribution is 0.594. The van der Waals surface area contributed by atoms with Crippen LogP contribution in [0.5, 0.6) is 0 Å². The molecule has 5 nitrogen and oxygen atoms in total. The number of aromatic amines is 1. The minimum atomic E-state index is -3.91. The molecule has 0 aliphatic rings. The molecule has 1 heterocycles. The van der Waals surface area contributed by atoms with E-state index in [9.17, 15) is 12.8 Å². The molecule has 7 heteroatoms. The third kappa shape index (κ3) is 3.24. The van der Waals surface area contributed by atoms with Gasteiger partial charge in [-0.05, 0) is 30.2 Å². The molecule has 0 fully saturated rings. The Morgan fingerprint density at radius 3 is 2.57 bits per heavy atom. The van der Waals surface area contributed by atoms with Gasteiger partial charge in [0.15, 0.2) is 5.82 Å². The molecular formula is C16H14FN3O2S. The Morgan fingerprint density at radius 2 is 1.83 bits per heavy atom. The van der Waals surface area contributed by atoms with Crippen LogP contribution in [0.15, 0.2) is 59.5 Å². The molecule has 3 aromatic rings. The Morgan fingerprint density at radius 1 is 1.09 bits per heavy atom. The number of hydrogen-bond donors (Lipinski definition) is 2. The van der Waals surface area contributed by atoms with Crippen molar-refractivity contribution < 1.29 is 12.8 Å². The predicted molar refractivity (Wildman–Crippen MR) is 86.0 cm³/mol. The molecule has 0 saturated heterocycles. The van der Waals surface area contributed by atoms with E-state index in [0.717, 1.165) is 11.6 Å². The van der Waals surface area contributed by atoms with Gasteiger partial charge in [0.25, 0.3) is 10.0 Å². The molecule has 0 saturated carbocycles. The molecule has 118 valence electrons. The average molecular weight is 331 g/mol. The minimum Gasteiger partial charge on any atom is -0.276 e. The number of halogens is 1. The highest BCUT2D eigenvalue weighted by Crippen LogP contribution is 2.23. The fourth-order valence-corrected chi connectivity index (χ4v) is 3.45. The molecule has 0 bridgehead atoms. The van der Waals surface area contributed by atoms with Gasteiger partial charge in [-0.2, -0.15) is 5.10 Å². The summed E-state index contributed by atoms with van der Waals surface area (Å²) in [5.74, 6) is -0.463. The second-order valence-electron chi connectivity index (χ2n) is 5.05. The van der Waals surface area contributed by atoms with Crippen molar-refractivity contribution in [1.29, 1.82) is 0 Å². The van der Waals surface area contributed by atoms with Crippen molar-refractivity contribution in [2.24, 2.45) is 0 Å². The maximum atomic E-state index is 13.3. The van der Waals surface area contributed by atoms with Gasteiger partial charge >= 0.3 is 0 Å². The Kier molecular flexibility index (Phi) is 3.87. The van der Waals surface area contributed by atoms with Crippen molar-refractivity contribution in [1.82, 2.24) is 10.2 Å². The molecule has 0 aliphatic carbocycles. The zero-order chi connectivity index (χ0) is 16.4. The Labute approximate surface area is 133 Å². The number of benzene rings is 2. The summed E-state index contributed by atoms with van der Waals surface area (Å²) in [6, 6.07) is 14.6. The van der Waals surface area contributed by atoms with Crippen LogP contribution in [0.1, 0.15) is 5.56 Å². The Hall–Kier alpha value is -2.67. The van der Waals surface area contributed by atoms with Crippen LogP contribution in [0.2, 0.25) is 0 Å². The van der Waals surface area contributed by atoms with Gasteiger partial charge in [0.1, 0.15) is 5.82 Å². The number of nitrogens with zero attached hydrogens (tertiary/aromatic N) is 1. The number of rotatable bonds is 4. The van der Waals surface area contributed by atoms with Crippen molar-refractivity contribution >= 4 is 15.8 Å². The first-order valence-corrected chi connectivity index (χ1v) is 8.34. The number of nitrogens with one attached hydrogen (secondary N) is 2. The summed E-state index contributed by atoms with van der Waals surface area (Å²) in [4.78, 5) is -0.109. The van der Waals surface area contributed by atoms with Crippen molar-refractivity contribution in [3.8, 4) is 11.3 Å². The molecule has 2 aromatic carbocycles. The minimum absolute atomic E-state index is 0.109. The van der Waals surface area contributed by atoms with Crippen LogP contribution in [0, 0.1) is 12.7 Å². The van der Waals surface area contributed by atoms with E-state index in [1.165, 1.54) is 12.1 Å². The third-order valence-corrected chi connectivity index (χ3v) is 4.84. The molecule has 2 N–H and O–H groups in total. The normalized spacial score (nSPS) is 11.4. The largest absolute Gasteiger partial charge is 0.276 e. The van der Waals surface area contributed by atoms with Gasteiger partial charge in [-0.15, -0.1) is 0 Å². The molecule has 1 aromatic heterocycles. The Bertz CT molecular complexity index is 937. The van der Waals surface area contributed by atoms with E-state index in [-0.39, 0.29) is 10.7 Å². The first kappa shape index (κ1) is 15.2. The lowest BCUT2D eigenvalue weighted by Gasteiger charge is -2.08. The van der Waals surface area contributed by atoms with Crippen LogP contribution in [0.25, 0.3) is 11.3 Å². The fraction of sp³-hybridized carbons (Fsp3) is 0.0625. The average Bonchev–Trinajstić information content (AvgIpc) is 2.98. The quantitative estimate of drug-likeness (QED) is 0.770. The van der Waals surface area contributed by atoms with Crippen molar-refractivity contribution in [3.63, 3.8) is 0 Å². The van der Waals surface area contributed by atoms with Gasteiger partial charge in [-0.25, -0.2) is 12.8 Å². The first-order valence-electron chi connectivity index (χ1n) is 6.85. The Balaban J connectivity index is 1.90. The van der Waals surface area contributed by atoms with Gasteiger partial charge in [0.05, 0.1) is 10.6 Å². The molecule has 0 amide bonds. The molecular weight excluding hydrogens is 317 g/mol. The summed E-state index contributed by atoms with van der Waals surface area (Å²) in [7, 11) is -3.91. The van der Waals surface area contributed by atoms with E-state index in [0.29, 0.717) is 11.3 Å². The highest BCUT2D eigenvalue weighted by atomic mass is 32.2. The van der Waals surface area contributed by atoms with Gasteiger partial charge in [0, 0.05) is 6.07 Å². The zero-order valence-corrected chi connectivity index (χ0v) is 13.1. The monoisotopic (exact) mass is 331 g/mol. The van der Waals surface area contributed by atoms with E-state index in [1.807, 2.05) is 30.3 Å². The van der Waals surface area contributed by atoms with Crippen LogP contribution in [-0.4, -0.2) is 18.6 Å². The van der Waals surface area contributed by atoms with Gasteiger partial charge in [-0.3, -0.25) is 9.82 Å². The number of sulfonamides is 1. The van der Waals surface area contributed by atoms with Crippen LogP contribution in [0.3, 0.4) is 0 Å². The van der Waals surface area contributed by atoms with Crippen LogP contribution >= 0.6 is 0 Å². The highest BCUT2D eigenvalue weighted by Gasteiger charge is 2.19. The summed E-state index contributed by atoms with van der Waals surface area (Å²) in [6.07, 6.45) is 0. The van der Waals surface area contributed by atoms with E-state index < -0.39 is 15.8 Å². The summed E-state index contributed by atoms with van der Waals surface area (Å²) in [5.41, 5.74) is 2.02. The molecule has 3 rings (SSSR count). The number of aromatic nitrogens is 2. The van der Waals surface area contributed by atoms with E-state index in [4.69, 9.17) is 0 Å². The molecule has 0 aliphatic heterocycles. The van der Waals surface area contributed by atoms with Gasteiger partial charge in [-0.1, -0.05) is 36.4 Å². The maximum absolute atomic E-state index is 13.3. The maximum Gasteiger partial charge on any atom is 0.263 e. The standard InChI is InChI=1S/C16H14FN3O2S/c1-11-7-8-13(17)9-15(11)23(21,22)20-16-10-14(18-19-16)12-5-3-2-4-6-12/h2-10H,1H3,(H2,18,19,20). The number of hydrogen-bond acceptors (Lipinski definition) is 3. The van der Waals surface area contributed by atoms with Crippen molar-refractivity contribution in [3.05, 3.63) is 66.0 Å². The second kappa shape index (κ2) is 5.85. The highest BCUT2D eigenvalue weighted by molar-refractivity contribution is 7.92. The van der Waals surface area contributed by atoms with E-state index >= 15 is 0 Å². The summed E-state index contributed by atoms with van der Waals surface area (Å²) >= 11 is 0. The summed E-state index contributed by atoms with van der Waals surface area (Å²) in [6.45, 7) is 1.61. The smallest absolute Gasteiger partial charge is 0.263 e. The molecule has 0 spiro atoms. The molecule has 0 radical (unpaired) electrons. The van der Waals surface area contributed by atoms with E-state index in [2.05, 4.69) is 14.9 Å². The molecule has 0 unspecified atom stereocenters. The zero-order valence-electron chi connectivity index (χ0n) is 12.2. The number of aryl methyl sites for hydroxylation is 1. The van der Waals surface area contributed by atoms with Crippen molar-refractivity contribution in [2.75, 3.05) is 4.72 Å². The number of H-pyrrole nitrogens is 1. The van der Waals surface area contributed by atoms with Crippen LogP contribution < -0.4 is 4.72 Å². The molecule has 0 atom stereocenters. The van der Waals surface area contributed by atoms with Gasteiger partial charge < -0.3 is 0 Å². The van der Waals surface area contributed by atoms with Crippen LogP contribution in [0.4, 0.5) is 10.2 Å².